The van der Waals surface area contributed by atoms with E-state index in [-0.39, 0.29) is 18.1 Å². The first-order valence-electron chi connectivity index (χ1n) is 7.84. The summed E-state index contributed by atoms with van der Waals surface area (Å²) in [4.78, 5) is 0. The zero-order valence-corrected chi connectivity index (χ0v) is 15.0. The van der Waals surface area contributed by atoms with E-state index in [9.17, 15) is 9.67 Å². The van der Waals surface area contributed by atoms with E-state index in [1.54, 1.807) is 0 Å². The number of rotatable bonds is 7. The van der Waals surface area contributed by atoms with Crippen molar-refractivity contribution in [3.63, 3.8) is 0 Å². The van der Waals surface area contributed by atoms with Gasteiger partial charge in [-0.05, 0) is 46.5 Å². The van der Waals surface area contributed by atoms with E-state index in [1.807, 2.05) is 27.7 Å². The minimum absolute atomic E-state index is 0.0372. The lowest BCUT2D eigenvalue weighted by Crippen LogP contribution is -2.44. The van der Waals surface area contributed by atoms with Crippen molar-refractivity contribution >= 4 is 7.60 Å². The van der Waals surface area contributed by atoms with Crippen LogP contribution in [0.15, 0.2) is 0 Å². The molecule has 0 aromatic carbocycles. The fraction of sp³-hybridized carbons (Fsp3) is 1.00. The molecule has 6 heteroatoms. The summed E-state index contributed by atoms with van der Waals surface area (Å²) in [7, 11) is -3.17. The van der Waals surface area contributed by atoms with Gasteiger partial charge in [0.1, 0.15) is 0 Å². The maximum Gasteiger partial charge on any atom is 0.328 e. The number of hydrogen-bond acceptors (Lipinski definition) is 5. The van der Waals surface area contributed by atoms with E-state index in [2.05, 4.69) is 6.92 Å². The monoisotopic (exact) mass is 322 g/mol. The first kappa shape index (κ1) is 19.1. The van der Waals surface area contributed by atoms with Crippen molar-refractivity contribution in [2.24, 2.45) is 11.8 Å². The van der Waals surface area contributed by atoms with Crippen LogP contribution in [0.5, 0.6) is 0 Å². The highest BCUT2D eigenvalue weighted by Crippen LogP contribution is 2.49. The molecule has 1 aliphatic rings. The summed E-state index contributed by atoms with van der Waals surface area (Å²) in [6, 6.07) is 0. The van der Waals surface area contributed by atoms with Gasteiger partial charge in [-0.2, -0.15) is 0 Å². The quantitative estimate of drug-likeness (QED) is 0.727. The van der Waals surface area contributed by atoms with Crippen molar-refractivity contribution < 1.29 is 23.5 Å². The van der Waals surface area contributed by atoms with Crippen LogP contribution in [0.3, 0.4) is 0 Å². The van der Waals surface area contributed by atoms with Gasteiger partial charge in [0.25, 0.3) is 0 Å². The second kappa shape index (κ2) is 8.07. The van der Waals surface area contributed by atoms with Gasteiger partial charge < -0.3 is 18.9 Å². The Morgan fingerprint density at radius 2 is 1.81 bits per heavy atom. The lowest BCUT2D eigenvalue weighted by Gasteiger charge is -2.39. The maximum absolute atomic E-state index is 12.4. The summed E-state index contributed by atoms with van der Waals surface area (Å²) in [5.41, 5.74) is 0. The molecule has 1 N–H and O–H groups in total. The molecule has 0 aromatic heterocycles. The van der Waals surface area contributed by atoms with Gasteiger partial charge in [0.05, 0.1) is 31.0 Å². The topological polar surface area (TPSA) is 65.0 Å². The Labute approximate surface area is 128 Å². The Morgan fingerprint density at radius 3 is 2.33 bits per heavy atom. The average Bonchev–Trinajstić information content (AvgIpc) is 2.28. The van der Waals surface area contributed by atoms with E-state index in [4.69, 9.17) is 13.8 Å². The Balaban J connectivity index is 2.74. The van der Waals surface area contributed by atoms with E-state index in [1.165, 1.54) is 6.66 Å². The number of ether oxygens (including phenoxy) is 1. The molecule has 5 atom stereocenters. The van der Waals surface area contributed by atoms with Crippen LogP contribution in [0.1, 0.15) is 47.5 Å². The van der Waals surface area contributed by atoms with Crippen molar-refractivity contribution in [1.82, 2.24) is 0 Å². The van der Waals surface area contributed by atoms with Crippen LogP contribution in [0.4, 0.5) is 0 Å². The fourth-order valence-electron chi connectivity index (χ4n) is 2.87. The molecule has 0 aliphatic heterocycles. The van der Waals surface area contributed by atoms with Crippen LogP contribution in [0.25, 0.3) is 0 Å². The van der Waals surface area contributed by atoms with Gasteiger partial charge in [0.2, 0.25) is 0 Å². The number of hydrogen-bond donors (Lipinski definition) is 1. The Morgan fingerprint density at radius 1 is 1.19 bits per heavy atom. The molecule has 1 aliphatic carbocycles. The summed E-state index contributed by atoms with van der Waals surface area (Å²) in [5, 5.41) is 10.3. The molecule has 0 radical (unpaired) electrons. The van der Waals surface area contributed by atoms with Crippen molar-refractivity contribution in [2.75, 3.05) is 13.3 Å². The smallest absolute Gasteiger partial charge is 0.328 e. The molecule has 1 rings (SSSR count). The minimum atomic E-state index is -3.17. The van der Waals surface area contributed by atoms with E-state index < -0.39 is 19.8 Å². The molecule has 0 saturated heterocycles. The third kappa shape index (κ3) is 6.79. The molecule has 5 unspecified atom stereocenters. The zero-order valence-electron chi connectivity index (χ0n) is 14.1. The predicted molar refractivity (Wildman–Crippen MR) is 83.6 cm³/mol. The van der Waals surface area contributed by atoms with Crippen LogP contribution >= 0.6 is 7.60 Å². The molecule has 0 aromatic rings. The van der Waals surface area contributed by atoms with Gasteiger partial charge in [0, 0.05) is 12.6 Å². The summed E-state index contributed by atoms with van der Waals surface area (Å²) >= 11 is 0. The van der Waals surface area contributed by atoms with Crippen molar-refractivity contribution in [2.45, 2.75) is 71.9 Å². The molecule has 1 fully saturated rings. The second-order valence-electron chi connectivity index (χ2n) is 6.78. The average molecular weight is 322 g/mol. The first-order chi connectivity index (χ1) is 9.60. The molecule has 0 heterocycles. The fourth-order valence-corrected chi connectivity index (χ4v) is 4.44. The Bertz CT molecular complexity index is 358. The Hall–Kier alpha value is 0.0700. The third-order valence-electron chi connectivity index (χ3n) is 3.55. The lowest BCUT2D eigenvalue weighted by molar-refractivity contribution is -0.0818. The highest BCUT2D eigenvalue weighted by atomic mass is 31.2. The van der Waals surface area contributed by atoms with Crippen LogP contribution < -0.4 is 0 Å². The molecule has 5 nitrogen and oxygen atoms in total. The van der Waals surface area contributed by atoms with E-state index in [0.717, 1.165) is 6.42 Å². The van der Waals surface area contributed by atoms with Crippen LogP contribution in [-0.4, -0.2) is 42.8 Å². The molecule has 0 spiro atoms. The number of aliphatic hydroxyl groups excluding tert-OH is 1. The first-order valence-corrected chi connectivity index (χ1v) is 9.83. The predicted octanol–water partition coefficient (Wildman–Crippen LogP) is 3.45. The minimum Gasteiger partial charge on any atom is -0.390 e. The van der Waals surface area contributed by atoms with Gasteiger partial charge in [-0.25, -0.2) is 0 Å². The van der Waals surface area contributed by atoms with Crippen LogP contribution in [-0.2, 0) is 18.3 Å². The SMILES string of the molecule is CC1CC(O)C(OP(C)(=O)OC(C)C)C(COC(C)C)C1. The number of aliphatic hydroxyl groups is 1. The van der Waals surface area contributed by atoms with E-state index in [0.29, 0.717) is 18.9 Å². The second-order valence-corrected chi connectivity index (χ2v) is 8.75. The highest BCUT2D eigenvalue weighted by molar-refractivity contribution is 7.53. The normalized spacial score (nSPS) is 33.4. The molecule has 0 bridgehead atoms. The van der Waals surface area contributed by atoms with Crippen molar-refractivity contribution in [3.05, 3.63) is 0 Å². The summed E-state index contributed by atoms with van der Waals surface area (Å²) in [5.74, 6) is 0.443. The van der Waals surface area contributed by atoms with Crippen LogP contribution in [0.2, 0.25) is 0 Å². The van der Waals surface area contributed by atoms with Gasteiger partial charge in [-0.15, -0.1) is 0 Å². The Kier molecular flexibility index (Phi) is 7.35. The van der Waals surface area contributed by atoms with Crippen molar-refractivity contribution in [3.8, 4) is 0 Å². The maximum atomic E-state index is 12.4. The van der Waals surface area contributed by atoms with Crippen molar-refractivity contribution in [1.29, 1.82) is 0 Å². The molecule has 126 valence electrons. The van der Waals surface area contributed by atoms with Crippen LogP contribution in [0, 0.1) is 11.8 Å². The van der Waals surface area contributed by atoms with E-state index >= 15 is 0 Å². The molecular formula is C15H31O5P. The zero-order chi connectivity index (χ0) is 16.2. The lowest BCUT2D eigenvalue weighted by atomic mass is 9.79. The molecular weight excluding hydrogens is 291 g/mol. The molecule has 1 saturated carbocycles. The highest BCUT2D eigenvalue weighted by Gasteiger charge is 2.40. The summed E-state index contributed by atoms with van der Waals surface area (Å²) < 4.78 is 29.2. The molecule has 0 amide bonds. The molecule has 21 heavy (non-hydrogen) atoms. The summed E-state index contributed by atoms with van der Waals surface area (Å²) in [6.45, 7) is 11.7. The summed E-state index contributed by atoms with van der Waals surface area (Å²) in [6.07, 6.45) is 0.389. The van der Waals surface area contributed by atoms with Gasteiger partial charge in [-0.1, -0.05) is 6.92 Å². The van der Waals surface area contributed by atoms with Gasteiger partial charge in [0.15, 0.2) is 0 Å². The van der Waals surface area contributed by atoms with Gasteiger partial charge >= 0.3 is 7.60 Å². The standard InChI is InChI=1S/C15H31O5P/c1-10(2)18-9-13-7-12(5)8-14(16)15(13)20-21(6,17)19-11(3)4/h10-16H,7-9H2,1-6H3. The largest absolute Gasteiger partial charge is 0.390 e. The third-order valence-corrected chi connectivity index (χ3v) is 4.98. The van der Waals surface area contributed by atoms with Gasteiger partial charge in [-0.3, -0.25) is 4.57 Å².